The van der Waals surface area contributed by atoms with E-state index in [0.717, 1.165) is 5.69 Å². The first-order valence-corrected chi connectivity index (χ1v) is 5.97. The van der Waals surface area contributed by atoms with E-state index in [4.69, 9.17) is 4.74 Å². The minimum absolute atomic E-state index is 0.0362. The van der Waals surface area contributed by atoms with Gasteiger partial charge in [0.2, 0.25) is 0 Å². The minimum Gasteiger partial charge on any atom is -0.481 e. The molecule has 0 radical (unpaired) electrons. The zero-order chi connectivity index (χ0) is 14.4. The summed E-state index contributed by atoms with van der Waals surface area (Å²) in [4.78, 5) is 11.5. The molecule has 20 heavy (non-hydrogen) atoms. The monoisotopic (exact) mass is 275 g/mol. The highest BCUT2D eigenvalue weighted by Gasteiger charge is 2.05. The zero-order valence-corrected chi connectivity index (χ0v) is 10.9. The minimum atomic E-state index is -0.507. The number of hydrogen-bond acceptors (Lipinski definition) is 3. The van der Waals surface area contributed by atoms with Crippen molar-refractivity contribution in [2.45, 2.75) is 0 Å². The van der Waals surface area contributed by atoms with E-state index in [2.05, 4.69) is 10.5 Å². The number of benzene rings is 1. The lowest BCUT2D eigenvalue weighted by atomic mass is 10.3. The number of hydrazone groups is 1. The van der Waals surface area contributed by atoms with Gasteiger partial charge in [0.15, 0.2) is 18.2 Å². The third kappa shape index (κ3) is 3.68. The van der Waals surface area contributed by atoms with Crippen LogP contribution in [0, 0.1) is 5.82 Å². The molecule has 0 unspecified atom stereocenters. The van der Waals surface area contributed by atoms with E-state index in [1.54, 1.807) is 12.1 Å². The second kappa shape index (κ2) is 6.51. The summed E-state index contributed by atoms with van der Waals surface area (Å²) >= 11 is 0. The van der Waals surface area contributed by atoms with Crippen molar-refractivity contribution >= 4 is 12.1 Å². The highest BCUT2D eigenvalue weighted by atomic mass is 19.1. The molecule has 1 heterocycles. The number of nitrogens with zero attached hydrogens (tertiary/aromatic N) is 2. The molecule has 2 aromatic rings. The van der Waals surface area contributed by atoms with Gasteiger partial charge in [0, 0.05) is 13.2 Å². The number of amides is 1. The molecule has 0 spiro atoms. The Labute approximate surface area is 115 Å². The van der Waals surface area contributed by atoms with Gasteiger partial charge in [-0.1, -0.05) is 12.1 Å². The van der Waals surface area contributed by atoms with Crippen LogP contribution in [0.15, 0.2) is 47.7 Å². The Morgan fingerprint density at radius 1 is 1.40 bits per heavy atom. The summed E-state index contributed by atoms with van der Waals surface area (Å²) in [6, 6.07) is 9.61. The molecule has 1 N–H and O–H groups in total. The van der Waals surface area contributed by atoms with Gasteiger partial charge in [-0.2, -0.15) is 5.10 Å². The van der Waals surface area contributed by atoms with Crippen molar-refractivity contribution in [3.8, 4) is 5.75 Å². The number of ether oxygens (including phenoxy) is 1. The van der Waals surface area contributed by atoms with Crippen molar-refractivity contribution in [3.05, 3.63) is 54.1 Å². The van der Waals surface area contributed by atoms with Gasteiger partial charge in [-0.3, -0.25) is 4.79 Å². The first kappa shape index (κ1) is 13.8. The smallest absolute Gasteiger partial charge is 0.277 e. The fourth-order valence-corrected chi connectivity index (χ4v) is 1.52. The highest BCUT2D eigenvalue weighted by molar-refractivity contribution is 5.81. The van der Waals surface area contributed by atoms with E-state index in [9.17, 15) is 9.18 Å². The molecule has 1 aromatic carbocycles. The number of rotatable bonds is 5. The molecule has 0 aliphatic carbocycles. The van der Waals surface area contributed by atoms with Crippen LogP contribution < -0.4 is 10.2 Å². The van der Waals surface area contributed by atoms with Crippen LogP contribution in [0.5, 0.6) is 5.75 Å². The molecule has 2 rings (SSSR count). The number of nitrogens with one attached hydrogen (secondary N) is 1. The zero-order valence-electron chi connectivity index (χ0n) is 10.9. The molecular weight excluding hydrogens is 261 g/mol. The van der Waals surface area contributed by atoms with E-state index in [0.29, 0.717) is 0 Å². The van der Waals surface area contributed by atoms with Crippen molar-refractivity contribution in [1.82, 2.24) is 9.99 Å². The van der Waals surface area contributed by atoms with E-state index in [-0.39, 0.29) is 12.4 Å². The maximum absolute atomic E-state index is 13.2. The van der Waals surface area contributed by atoms with E-state index in [1.165, 1.54) is 18.3 Å². The number of para-hydroxylation sites is 1. The Morgan fingerprint density at radius 2 is 2.20 bits per heavy atom. The molecule has 0 fully saturated rings. The highest BCUT2D eigenvalue weighted by Crippen LogP contribution is 2.14. The van der Waals surface area contributed by atoms with Gasteiger partial charge in [0.1, 0.15) is 0 Å². The third-order valence-corrected chi connectivity index (χ3v) is 2.57. The van der Waals surface area contributed by atoms with Crippen molar-refractivity contribution in [2.75, 3.05) is 6.61 Å². The molecule has 6 heteroatoms. The molecule has 1 amide bonds. The Hall–Kier alpha value is -2.63. The predicted molar refractivity (Wildman–Crippen MR) is 73.0 cm³/mol. The number of hydrogen-bond donors (Lipinski definition) is 1. The molecule has 0 saturated carbocycles. The van der Waals surface area contributed by atoms with Gasteiger partial charge in [-0.05, 0) is 24.3 Å². The Morgan fingerprint density at radius 3 is 2.90 bits per heavy atom. The van der Waals surface area contributed by atoms with Gasteiger partial charge in [-0.25, -0.2) is 9.82 Å². The Balaban J connectivity index is 1.80. The predicted octanol–water partition coefficient (Wildman–Crippen LogP) is 1.69. The lowest BCUT2D eigenvalue weighted by molar-refractivity contribution is -0.123. The van der Waals surface area contributed by atoms with Crippen LogP contribution in [0.4, 0.5) is 4.39 Å². The first-order valence-electron chi connectivity index (χ1n) is 5.97. The lowest BCUT2D eigenvalue weighted by Crippen LogP contribution is -2.24. The maximum Gasteiger partial charge on any atom is 0.277 e. The van der Waals surface area contributed by atoms with E-state index >= 15 is 0 Å². The van der Waals surface area contributed by atoms with Crippen LogP contribution in [0.2, 0.25) is 0 Å². The van der Waals surface area contributed by atoms with Gasteiger partial charge in [0.05, 0.1) is 11.9 Å². The van der Waals surface area contributed by atoms with Crippen LogP contribution >= 0.6 is 0 Å². The van der Waals surface area contributed by atoms with E-state index < -0.39 is 11.7 Å². The van der Waals surface area contributed by atoms with Crippen molar-refractivity contribution in [2.24, 2.45) is 12.1 Å². The fourth-order valence-electron chi connectivity index (χ4n) is 1.52. The standard InChI is InChI=1S/C14H14FN3O2/c1-18-8-4-5-11(18)9-16-17-14(19)10-20-13-7-3-2-6-12(13)15/h2-9H,10H2,1H3,(H,17,19)/b16-9+. The summed E-state index contributed by atoms with van der Waals surface area (Å²) in [6.45, 7) is -0.300. The number of aryl methyl sites for hydroxylation is 1. The van der Waals surface area contributed by atoms with Crippen molar-refractivity contribution in [3.63, 3.8) is 0 Å². The Kier molecular flexibility index (Phi) is 4.49. The second-order valence-corrected chi connectivity index (χ2v) is 4.06. The number of carbonyl (C=O) groups is 1. The summed E-state index contributed by atoms with van der Waals surface area (Å²) in [7, 11) is 1.87. The molecular formula is C14H14FN3O2. The normalized spacial score (nSPS) is 10.7. The second-order valence-electron chi connectivity index (χ2n) is 4.06. The van der Waals surface area contributed by atoms with Crippen LogP contribution in [0.3, 0.4) is 0 Å². The molecule has 0 aliphatic heterocycles. The summed E-state index contributed by atoms with van der Waals surface area (Å²) in [5, 5.41) is 3.79. The Bertz CT molecular complexity index is 622. The van der Waals surface area contributed by atoms with Crippen molar-refractivity contribution < 1.29 is 13.9 Å². The van der Waals surface area contributed by atoms with Crippen LogP contribution in [-0.2, 0) is 11.8 Å². The molecule has 0 atom stereocenters. The number of halogens is 1. The average Bonchev–Trinajstić information content (AvgIpc) is 2.84. The topological polar surface area (TPSA) is 55.6 Å². The van der Waals surface area contributed by atoms with Crippen molar-refractivity contribution in [1.29, 1.82) is 0 Å². The average molecular weight is 275 g/mol. The third-order valence-electron chi connectivity index (χ3n) is 2.57. The van der Waals surface area contributed by atoms with Crippen LogP contribution in [0.25, 0.3) is 0 Å². The van der Waals surface area contributed by atoms with Gasteiger partial charge in [0.25, 0.3) is 5.91 Å². The van der Waals surface area contributed by atoms with Gasteiger partial charge >= 0.3 is 0 Å². The summed E-state index contributed by atoms with van der Waals surface area (Å²) in [5.74, 6) is -0.930. The summed E-state index contributed by atoms with van der Waals surface area (Å²) < 4.78 is 20.1. The molecule has 0 bridgehead atoms. The number of aromatic nitrogens is 1. The largest absolute Gasteiger partial charge is 0.481 e. The lowest BCUT2D eigenvalue weighted by Gasteiger charge is -2.05. The quantitative estimate of drug-likeness (QED) is 0.667. The SMILES string of the molecule is Cn1cccc1/C=N/NC(=O)COc1ccccc1F. The molecule has 104 valence electrons. The van der Waals surface area contributed by atoms with Crippen LogP contribution in [0.1, 0.15) is 5.69 Å². The molecule has 0 aliphatic rings. The molecule has 1 aromatic heterocycles. The fraction of sp³-hybridized carbons (Fsp3) is 0.143. The summed E-state index contributed by atoms with van der Waals surface area (Å²) in [5.41, 5.74) is 3.16. The van der Waals surface area contributed by atoms with E-state index in [1.807, 2.05) is 29.9 Å². The first-order chi connectivity index (χ1) is 9.66. The van der Waals surface area contributed by atoms with Crippen LogP contribution in [-0.4, -0.2) is 23.3 Å². The molecule has 5 nitrogen and oxygen atoms in total. The maximum atomic E-state index is 13.2. The number of carbonyl (C=O) groups excluding carboxylic acids is 1. The summed E-state index contributed by atoms with van der Waals surface area (Å²) in [6.07, 6.45) is 3.38. The van der Waals surface area contributed by atoms with Gasteiger partial charge < -0.3 is 9.30 Å². The molecule has 0 saturated heterocycles. The van der Waals surface area contributed by atoms with Gasteiger partial charge in [-0.15, -0.1) is 0 Å².